The lowest BCUT2D eigenvalue weighted by Crippen LogP contribution is -1.89. The monoisotopic (exact) mass is 298 g/mol. The number of aromatic nitrogens is 4. The van der Waals surface area contributed by atoms with Crippen LogP contribution in [0.5, 0.6) is 0 Å². The minimum absolute atomic E-state index is 0.413. The Balaban J connectivity index is 2.34. The van der Waals surface area contributed by atoms with Gasteiger partial charge in [-0.15, -0.1) is 0 Å². The normalized spacial score (nSPS) is 11.1. The van der Waals surface area contributed by atoms with E-state index in [2.05, 4.69) is 19.9 Å². The number of hydrogen-bond acceptors (Lipinski definition) is 3. The van der Waals surface area contributed by atoms with Crippen LogP contribution in [0.4, 0.5) is 0 Å². The third-order valence-corrected chi connectivity index (χ3v) is 3.69. The maximum absolute atomic E-state index is 6.29. The van der Waals surface area contributed by atoms with Crippen LogP contribution in [0.1, 0.15) is 0 Å². The number of fused-ring (bicyclic) bond motifs is 1. The van der Waals surface area contributed by atoms with E-state index < -0.39 is 0 Å². The molecule has 0 aliphatic rings. The van der Waals surface area contributed by atoms with Crippen molar-refractivity contribution in [3.05, 3.63) is 39.9 Å². The molecule has 4 nitrogen and oxygen atoms in total. The van der Waals surface area contributed by atoms with Crippen LogP contribution in [0.25, 0.3) is 22.4 Å². The zero-order valence-electron chi connectivity index (χ0n) is 8.78. The smallest absolute Gasteiger partial charge is 0.180 e. The van der Waals surface area contributed by atoms with E-state index in [0.717, 1.165) is 5.52 Å². The lowest BCUT2D eigenvalue weighted by atomic mass is 10.2. The summed E-state index contributed by atoms with van der Waals surface area (Å²) in [5.74, 6) is 0.457. The molecule has 0 bridgehead atoms. The largest absolute Gasteiger partial charge is 0.351 e. The van der Waals surface area contributed by atoms with Crippen molar-refractivity contribution in [3.8, 4) is 11.5 Å². The molecule has 7 heteroatoms. The molecule has 0 saturated heterocycles. The first-order valence-corrected chi connectivity index (χ1v) is 6.09. The molecule has 0 radical (unpaired) electrons. The van der Waals surface area contributed by atoms with E-state index in [4.69, 9.17) is 34.8 Å². The fourth-order valence-corrected chi connectivity index (χ4v) is 2.50. The van der Waals surface area contributed by atoms with E-state index in [1.54, 1.807) is 12.1 Å². The van der Waals surface area contributed by atoms with Crippen LogP contribution in [-0.4, -0.2) is 19.9 Å². The minimum Gasteiger partial charge on any atom is -0.351 e. The predicted octanol–water partition coefficient (Wildman–Crippen LogP) is 3.98. The van der Waals surface area contributed by atoms with Gasteiger partial charge in [0.25, 0.3) is 0 Å². The molecule has 0 fully saturated rings. The van der Waals surface area contributed by atoms with Crippen molar-refractivity contribution in [2.24, 2.45) is 0 Å². The van der Waals surface area contributed by atoms with Crippen molar-refractivity contribution in [2.75, 3.05) is 0 Å². The average Bonchev–Trinajstić information content (AvgIpc) is 2.73. The molecule has 18 heavy (non-hydrogen) atoms. The maximum atomic E-state index is 6.29. The first kappa shape index (κ1) is 11.7. The van der Waals surface area contributed by atoms with Gasteiger partial charge in [-0.1, -0.05) is 34.8 Å². The lowest BCUT2D eigenvalue weighted by molar-refractivity contribution is 1.05. The van der Waals surface area contributed by atoms with Crippen LogP contribution in [0.3, 0.4) is 0 Å². The highest BCUT2D eigenvalue weighted by atomic mass is 35.5. The first-order chi connectivity index (χ1) is 8.68. The van der Waals surface area contributed by atoms with Crippen LogP contribution in [0.2, 0.25) is 15.1 Å². The Morgan fingerprint density at radius 3 is 2.39 bits per heavy atom. The molecule has 90 valence electrons. The van der Waals surface area contributed by atoms with Crippen LogP contribution < -0.4 is 0 Å². The van der Waals surface area contributed by atoms with Gasteiger partial charge in [-0.05, 0) is 12.1 Å². The quantitative estimate of drug-likeness (QED) is 0.739. The van der Waals surface area contributed by atoms with E-state index in [9.17, 15) is 0 Å². The van der Waals surface area contributed by atoms with Gasteiger partial charge in [0.05, 0.1) is 15.1 Å². The Morgan fingerprint density at radius 1 is 0.944 bits per heavy atom. The van der Waals surface area contributed by atoms with E-state index in [0.29, 0.717) is 32.0 Å². The van der Waals surface area contributed by atoms with Crippen molar-refractivity contribution in [3.63, 3.8) is 0 Å². The second-order valence-corrected chi connectivity index (χ2v) is 4.72. The number of H-pyrrole nitrogens is 1. The van der Waals surface area contributed by atoms with Crippen LogP contribution >= 0.6 is 34.8 Å². The van der Waals surface area contributed by atoms with Crippen molar-refractivity contribution in [1.29, 1.82) is 0 Å². The third kappa shape index (κ3) is 1.73. The van der Waals surface area contributed by atoms with Gasteiger partial charge in [-0.3, -0.25) is 0 Å². The Hall–Kier alpha value is -1.36. The molecule has 2 heterocycles. The molecule has 1 N–H and O–H groups in total. The molecule has 0 amide bonds. The highest BCUT2D eigenvalue weighted by molar-refractivity contribution is 6.48. The molecule has 0 spiro atoms. The van der Waals surface area contributed by atoms with Gasteiger partial charge >= 0.3 is 0 Å². The Kier molecular flexibility index (Phi) is 2.86. The van der Waals surface area contributed by atoms with E-state index >= 15 is 0 Å². The Morgan fingerprint density at radius 2 is 1.67 bits per heavy atom. The highest BCUT2D eigenvalue weighted by Gasteiger charge is 2.17. The SMILES string of the molecule is Clc1ccc2[nH]c(-c3ncncn3)c(Cl)c2c1Cl. The number of nitrogens with one attached hydrogen (secondary N) is 1. The topological polar surface area (TPSA) is 54.5 Å². The molecule has 3 aromatic rings. The fourth-order valence-electron chi connectivity index (χ4n) is 1.71. The van der Waals surface area contributed by atoms with Crippen LogP contribution in [0, 0.1) is 0 Å². The molecule has 0 atom stereocenters. The summed E-state index contributed by atoms with van der Waals surface area (Å²) in [5.41, 5.74) is 1.38. The minimum atomic E-state index is 0.413. The second kappa shape index (κ2) is 4.39. The van der Waals surface area contributed by atoms with Crippen molar-refractivity contribution < 1.29 is 0 Å². The van der Waals surface area contributed by atoms with Crippen molar-refractivity contribution in [1.82, 2.24) is 19.9 Å². The summed E-state index contributed by atoms with van der Waals surface area (Å²) >= 11 is 18.4. The summed E-state index contributed by atoms with van der Waals surface area (Å²) in [6.07, 6.45) is 2.80. The van der Waals surface area contributed by atoms with Gasteiger partial charge in [0, 0.05) is 10.9 Å². The molecule has 0 saturated carbocycles. The number of halogens is 3. The molecular weight excluding hydrogens is 295 g/mol. The van der Waals surface area contributed by atoms with Gasteiger partial charge in [0.15, 0.2) is 5.82 Å². The maximum Gasteiger partial charge on any atom is 0.180 e. The van der Waals surface area contributed by atoms with Crippen molar-refractivity contribution >= 4 is 45.7 Å². The number of rotatable bonds is 1. The zero-order valence-corrected chi connectivity index (χ0v) is 11.1. The van der Waals surface area contributed by atoms with Gasteiger partial charge in [-0.25, -0.2) is 15.0 Å². The predicted molar refractivity (Wildman–Crippen MR) is 72.1 cm³/mol. The molecule has 2 aromatic heterocycles. The summed E-state index contributed by atoms with van der Waals surface area (Å²) in [6.45, 7) is 0. The van der Waals surface area contributed by atoms with Gasteiger partial charge in [0.2, 0.25) is 0 Å². The molecule has 0 aliphatic carbocycles. The van der Waals surface area contributed by atoms with E-state index in [1.807, 2.05) is 0 Å². The average molecular weight is 300 g/mol. The molecule has 3 rings (SSSR count). The van der Waals surface area contributed by atoms with E-state index in [-0.39, 0.29) is 0 Å². The number of aromatic amines is 1. The molecule has 1 aromatic carbocycles. The summed E-state index contributed by atoms with van der Waals surface area (Å²) in [7, 11) is 0. The number of benzene rings is 1. The third-order valence-electron chi connectivity index (χ3n) is 2.51. The Bertz CT molecular complexity index is 724. The fraction of sp³-hybridized carbons (Fsp3) is 0. The molecular formula is C11H5Cl3N4. The van der Waals surface area contributed by atoms with Gasteiger partial charge in [0.1, 0.15) is 18.3 Å². The summed E-state index contributed by atoms with van der Waals surface area (Å²) in [6, 6.07) is 3.51. The van der Waals surface area contributed by atoms with Crippen LogP contribution in [0.15, 0.2) is 24.8 Å². The van der Waals surface area contributed by atoms with Gasteiger partial charge in [-0.2, -0.15) is 0 Å². The molecule has 0 unspecified atom stereocenters. The second-order valence-electron chi connectivity index (χ2n) is 3.56. The van der Waals surface area contributed by atoms with Crippen molar-refractivity contribution in [2.45, 2.75) is 0 Å². The first-order valence-electron chi connectivity index (χ1n) is 4.96. The summed E-state index contributed by atoms with van der Waals surface area (Å²) in [5, 5.41) is 1.98. The summed E-state index contributed by atoms with van der Waals surface area (Å²) in [4.78, 5) is 15.0. The Labute approximate surface area is 117 Å². The number of nitrogens with zero attached hydrogens (tertiary/aromatic N) is 3. The van der Waals surface area contributed by atoms with Crippen LogP contribution in [-0.2, 0) is 0 Å². The highest BCUT2D eigenvalue weighted by Crippen LogP contribution is 2.39. The standard InChI is InChI=1S/C11H5Cl3N4/c12-5-1-2-6-7(8(5)13)9(14)10(18-6)11-16-3-15-4-17-11/h1-4,18H. The van der Waals surface area contributed by atoms with E-state index in [1.165, 1.54) is 12.7 Å². The van der Waals surface area contributed by atoms with Gasteiger partial charge < -0.3 is 4.98 Å². The summed E-state index contributed by atoms with van der Waals surface area (Å²) < 4.78 is 0. The lowest BCUT2D eigenvalue weighted by Gasteiger charge is -1.97. The molecule has 0 aliphatic heterocycles. The zero-order chi connectivity index (χ0) is 12.7. The number of hydrogen-bond donors (Lipinski definition) is 1.